The average Bonchev–Trinajstić information content (AvgIpc) is 2.98. The number of aromatic nitrogens is 2. The second kappa shape index (κ2) is 3.75. The number of nitrogens with one attached hydrogen (secondary N) is 1. The molecule has 0 spiro atoms. The van der Waals surface area contributed by atoms with E-state index in [0.29, 0.717) is 11.0 Å². The second-order valence-corrected chi connectivity index (χ2v) is 3.77. The predicted molar refractivity (Wildman–Crippen MR) is 54.6 cm³/mol. The van der Waals surface area contributed by atoms with Crippen LogP contribution in [0.2, 0.25) is 5.15 Å². The number of halogens is 1. The van der Waals surface area contributed by atoms with E-state index in [1.165, 1.54) is 19.5 Å². The summed E-state index contributed by atoms with van der Waals surface area (Å²) >= 11 is 5.66. The van der Waals surface area contributed by atoms with Gasteiger partial charge in [-0.05, 0) is 12.8 Å². The quantitative estimate of drug-likeness (QED) is 0.790. The first kappa shape index (κ1) is 10.3. The van der Waals surface area contributed by atoms with E-state index in [2.05, 4.69) is 15.3 Å². The summed E-state index contributed by atoms with van der Waals surface area (Å²) in [5, 5.41) is 2.93. The molecule has 1 N–H and O–H groups in total. The lowest BCUT2D eigenvalue weighted by atomic mass is 10.3. The molecule has 6 heteroatoms. The van der Waals surface area contributed by atoms with Crippen molar-refractivity contribution in [3.63, 3.8) is 0 Å². The zero-order valence-corrected chi connectivity index (χ0v) is 8.91. The fraction of sp³-hybridized carbons (Fsp3) is 0.444. The molecule has 1 aliphatic rings. The van der Waals surface area contributed by atoms with Crippen LogP contribution in [0.15, 0.2) is 12.4 Å². The van der Waals surface area contributed by atoms with E-state index in [4.69, 9.17) is 16.3 Å². The Hall–Kier alpha value is -1.20. The van der Waals surface area contributed by atoms with Gasteiger partial charge in [-0.2, -0.15) is 0 Å². The SMILES string of the molecule is COC1(C(=O)Nc2cc(Cl)ncn2)CC1. The molecule has 5 nitrogen and oxygen atoms in total. The standard InChI is InChI=1S/C9H10ClN3O2/c1-15-9(2-3-9)8(14)13-7-4-6(10)11-5-12-7/h4-5H,2-3H2,1H3,(H,11,12,13,14). The van der Waals surface area contributed by atoms with Crippen LogP contribution in [-0.4, -0.2) is 28.6 Å². The fourth-order valence-electron chi connectivity index (χ4n) is 1.27. The third-order valence-corrected chi connectivity index (χ3v) is 2.59. The highest BCUT2D eigenvalue weighted by molar-refractivity contribution is 6.29. The smallest absolute Gasteiger partial charge is 0.257 e. The van der Waals surface area contributed by atoms with Crippen LogP contribution in [0.3, 0.4) is 0 Å². The number of carbonyl (C=O) groups is 1. The first-order chi connectivity index (χ1) is 7.16. The van der Waals surface area contributed by atoms with Crippen LogP contribution < -0.4 is 5.32 Å². The normalized spacial score (nSPS) is 17.2. The van der Waals surface area contributed by atoms with Crippen LogP contribution in [0.25, 0.3) is 0 Å². The molecule has 1 aromatic heterocycles. The van der Waals surface area contributed by atoms with Crippen LogP contribution in [0, 0.1) is 0 Å². The van der Waals surface area contributed by atoms with Crippen LogP contribution in [0.1, 0.15) is 12.8 Å². The Labute approximate surface area is 91.8 Å². The molecule has 1 saturated carbocycles. The Balaban J connectivity index is 2.06. The maximum absolute atomic E-state index is 11.7. The number of rotatable bonds is 3. The predicted octanol–water partition coefficient (Wildman–Crippen LogP) is 1.25. The summed E-state index contributed by atoms with van der Waals surface area (Å²) in [6, 6.07) is 1.49. The van der Waals surface area contributed by atoms with Gasteiger partial charge in [-0.1, -0.05) is 11.6 Å². The number of nitrogens with zero attached hydrogens (tertiary/aromatic N) is 2. The molecule has 1 aliphatic carbocycles. The molecule has 1 fully saturated rings. The number of hydrogen-bond donors (Lipinski definition) is 1. The molecule has 0 aromatic carbocycles. The number of carbonyl (C=O) groups excluding carboxylic acids is 1. The Kier molecular flexibility index (Phi) is 2.58. The molecule has 80 valence electrons. The Morgan fingerprint density at radius 1 is 1.60 bits per heavy atom. The molecule has 1 amide bonds. The monoisotopic (exact) mass is 227 g/mol. The Morgan fingerprint density at radius 2 is 2.33 bits per heavy atom. The summed E-state index contributed by atoms with van der Waals surface area (Å²) < 4.78 is 5.12. The lowest BCUT2D eigenvalue weighted by Crippen LogP contribution is -2.31. The van der Waals surface area contributed by atoms with Gasteiger partial charge in [0.05, 0.1) is 0 Å². The average molecular weight is 228 g/mol. The van der Waals surface area contributed by atoms with Gasteiger partial charge in [0.2, 0.25) is 0 Å². The van der Waals surface area contributed by atoms with Gasteiger partial charge in [-0.15, -0.1) is 0 Å². The summed E-state index contributed by atoms with van der Waals surface area (Å²) in [4.78, 5) is 19.3. The van der Waals surface area contributed by atoms with Gasteiger partial charge in [0.15, 0.2) is 0 Å². The van der Waals surface area contributed by atoms with Crippen LogP contribution in [-0.2, 0) is 9.53 Å². The minimum Gasteiger partial charge on any atom is -0.368 e. The van der Waals surface area contributed by atoms with Crippen molar-refractivity contribution in [3.8, 4) is 0 Å². The molecule has 1 heterocycles. The summed E-state index contributed by atoms with van der Waals surface area (Å²) in [6.45, 7) is 0. The number of anilines is 1. The second-order valence-electron chi connectivity index (χ2n) is 3.38. The summed E-state index contributed by atoms with van der Waals surface area (Å²) in [7, 11) is 1.53. The summed E-state index contributed by atoms with van der Waals surface area (Å²) in [5.74, 6) is 0.211. The fourth-order valence-corrected chi connectivity index (χ4v) is 1.42. The van der Waals surface area contributed by atoms with E-state index in [1.54, 1.807) is 0 Å². The van der Waals surface area contributed by atoms with Crippen LogP contribution in [0.5, 0.6) is 0 Å². The first-order valence-corrected chi connectivity index (χ1v) is 4.88. The van der Waals surface area contributed by atoms with E-state index < -0.39 is 5.60 Å². The lowest BCUT2D eigenvalue weighted by molar-refractivity contribution is -0.128. The van der Waals surface area contributed by atoms with E-state index in [1.807, 2.05) is 0 Å². The van der Waals surface area contributed by atoms with E-state index in [9.17, 15) is 4.79 Å². The number of ether oxygens (including phenoxy) is 1. The van der Waals surface area contributed by atoms with Crippen molar-refractivity contribution in [1.82, 2.24) is 9.97 Å². The largest absolute Gasteiger partial charge is 0.368 e. The van der Waals surface area contributed by atoms with Crippen LogP contribution >= 0.6 is 11.6 Å². The lowest BCUT2D eigenvalue weighted by Gasteiger charge is -2.12. The first-order valence-electron chi connectivity index (χ1n) is 4.50. The van der Waals surface area contributed by atoms with Crippen molar-refractivity contribution < 1.29 is 9.53 Å². The van der Waals surface area contributed by atoms with E-state index in [-0.39, 0.29) is 5.91 Å². The molecule has 1 aromatic rings. The van der Waals surface area contributed by atoms with Crippen molar-refractivity contribution >= 4 is 23.3 Å². The molecule has 0 aliphatic heterocycles. The molecular formula is C9H10ClN3O2. The van der Waals surface area contributed by atoms with E-state index in [0.717, 1.165) is 12.8 Å². The number of methoxy groups -OCH3 is 1. The van der Waals surface area contributed by atoms with Crippen molar-refractivity contribution in [2.75, 3.05) is 12.4 Å². The Morgan fingerprint density at radius 3 is 2.87 bits per heavy atom. The topological polar surface area (TPSA) is 64.1 Å². The molecule has 0 radical (unpaired) electrons. The van der Waals surface area contributed by atoms with Gasteiger partial charge < -0.3 is 10.1 Å². The highest BCUT2D eigenvalue weighted by Crippen LogP contribution is 2.39. The van der Waals surface area contributed by atoms with Gasteiger partial charge in [0, 0.05) is 13.2 Å². The molecule has 15 heavy (non-hydrogen) atoms. The minimum absolute atomic E-state index is 0.181. The van der Waals surface area contributed by atoms with Gasteiger partial charge in [0.25, 0.3) is 5.91 Å². The minimum atomic E-state index is -0.655. The molecule has 0 bridgehead atoms. The maximum Gasteiger partial charge on any atom is 0.257 e. The molecule has 0 saturated heterocycles. The number of amides is 1. The van der Waals surface area contributed by atoms with Gasteiger partial charge in [0.1, 0.15) is 22.9 Å². The zero-order chi connectivity index (χ0) is 10.9. The highest BCUT2D eigenvalue weighted by atomic mass is 35.5. The highest BCUT2D eigenvalue weighted by Gasteiger charge is 2.50. The molecule has 0 unspecified atom stereocenters. The Bertz CT molecular complexity index is 393. The van der Waals surface area contributed by atoms with E-state index >= 15 is 0 Å². The van der Waals surface area contributed by atoms with Crippen molar-refractivity contribution in [3.05, 3.63) is 17.5 Å². The van der Waals surface area contributed by atoms with Crippen molar-refractivity contribution in [2.45, 2.75) is 18.4 Å². The number of hydrogen-bond acceptors (Lipinski definition) is 4. The van der Waals surface area contributed by atoms with Gasteiger partial charge in [-0.25, -0.2) is 9.97 Å². The molecule has 0 atom stereocenters. The summed E-state index contributed by atoms with van der Waals surface area (Å²) in [6.07, 6.45) is 2.78. The van der Waals surface area contributed by atoms with Gasteiger partial charge in [-0.3, -0.25) is 4.79 Å². The maximum atomic E-state index is 11.7. The third-order valence-electron chi connectivity index (χ3n) is 2.38. The van der Waals surface area contributed by atoms with Crippen molar-refractivity contribution in [2.24, 2.45) is 0 Å². The summed E-state index contributed by atoms with van der Waals surface area (Å²) in [5.41, 5.74) is -0.655. The molecule has 2 rings (SSSR count). The van der Waals surface area contributed by atoms with Crippen molar-refractivity contribution in [1.29, 1.82) is 0 Å². The molecular weight excluding hydrogens is 218 g/mol. The third kappa shape index (κ3) is 2.08. The zero-order valence-electron chi connectivity index (χ0n) is 8.16. The van der Waals surface area contributed by atoms with Crippen LogP contribution in [0.4, 0.5) is 5.82 Å². The van der Waals surface area contributed by atoms with Gasteiger partial charge >= 0.3 is 0 Å².